The highest BCUT2D eigenvalue weighted by Crippen LogP contribution is 2.31. The second-order valence-electron chi connectivity index (χ2n) is 7.31. The molecule has 0 aliphatic carbocycles. The Hall–Kier alpha value is -4.37. The van der Waals surface area contributed by atoms with Gasteiger partial charge in [0.15, 0.2) is 11.5 Å². The molecule has 0 amide bonds. The molecule has 33 heavy (non-hydrogen) atoms. The first kappa shape index (κ1) is 20.5. The van der Waals surface area contributed by atoms with Crippen LogP contribution in [0, 0.1) is 5.82 Å². The number of nitrogens with zero attached hydrogens (tertiary/aromatic N) is 5. The largest absolute Gasteiger partial charge is 0.392 e. The van der Waals surface area contributed by atoms with Gasteiger partial charge in [-0.1, -0.05) is 12.1 Å². The van der Waals surface area contributed by atoms with Gasteiger partial charge in [-0.05, 0) is 58.8 Å². The zero-order valence-electron chi connectivity index (χ0n) is 17.7. The number of hydrogen-bond acceptors (Lipinski definition) is 6. The SMILES string of the molecule is CO[n+]1cccc(-c2nc3ccc(-c4ccc(F)cn4)nc3n2-c2ccc(CO)cc2)c1N. The first-order valence-electron chi connectivity index (χ1n) is 10.2. The summed E-state index contributed by atoms with van der Waals surface area (Å²) in [4.78, 5) is 19.1. The predicted octanol–water partition coefficient (Wildman–Crippen LogP) is 2.71. The van der Waals surface area contributed by atoms with Gasteiger partial charge in [0.1, 0.15) is 30.2 Å². The number of anilines is 1. The average molecular weight is 443 g/mol. The molecule has 5 aromatic rings. The van der Waals surface area contributed by atoms with Crippen LogP contribution in [0.2, 0.25) is 0 Å². The van der Waals surface area contributed by atoms with Crippen LogP contribution >= 0.6 is 0 Å². The number of rotatable bonds is 5. The Kier molecular flexibility index (Phi) is 5.15. The van der Waals surface area contributed by atoms with Crippen LogP contribution in [0.5, 0.6) is 0 Å². The average Bonchev–Trinajstić information content (AvgIpc) is 3.23. The lowest BCUT2D eigenvalue weighted by Gasteiger charge is -2.11. The van der Waals surface area contributed by atoms with Gasteiger partial charge < -0.3 is 9.94 Å². The Labute approximate surface area is 188 Å². The van der Waals surface area contributed by atoms with Gasteiger partial charge in [-0.15, -0.1) is 0 Å². The number of imidazole rings is 1. The van der Waals surface area contributed by atoms with Crippen molar-refractivity contribution in [1.82, 2.24) is 19.5 Å². The van der Waals surface area contributed by atoms with E-state index < -0.39 is 5.82 Å². The zero-order valence-corrected chi connectivity index (χ0v) is 17.7. The van der Waals surface area contributed by atoms with Crippen molar-refractivity contribution in [2.24, 2.45) is 0 Å². The second kappa shape index (κ2) is 8.29. The molecule has 0 unspecified atom stereocenters. The molecule has 0 spiro atoms. The van der Waals surface area contributed by atoms with E-state index in [2.05, 4.69) is 4.98 Å². The van der Waals surface area contributed by atoms with Gasteiger partial charge in [-0.3, -0.25) is 15.3 Å². The van der Waals surface area contributed by atoms with Gasteiger partial charge in [-0.2, -0.15) is 0 Å². The standard InChI is InChI=1S/C24H19FN6O2/c1-33-30-12-2-3-18(22(30)26)23-29-21-11-10-20(19-9-6-16(25)13-27-19)28-24(21)31(23)17-7-4-15(14-32)5-8-17/h2-13,26,32H,14H2,1H3/p+1. The summed E-state index contributed by atoms with van der Waals surface area (Å²) in [5.74, 6) is 0.536. The van der Waals surface area contributed by atoms with E-state index in [0.29, 0.717) is 39.8 Å². The monoisotopic (exact) mass is 443 g/mol. The third kappa shape index (κ3) is 3.64. The first-order chi connectivity index (χ1) is 16.1. The molecule has 0 aliphatic rings. The molecule has 3 N–H and O–H groups in total. The quantitative estimate of drug-likeness (QED) is 0.405. The van der Waals surface area contributed by atoms with E-state index in [-0.39, 0.29) is 6.61 Å². The van der Waals surface area contributed by atoms with Gasteiger partial charge >= 0.3 is 5.82 Å². The molecule has 0 atom stereocenters. The maximum Gasteiger partial charge on any atom is 0.323 e. The number of nitrogen functional groups attached to an aromatic ring is 1. The van der Waals surface area contributed by atoms with E-state index in [9.17, 15) is 9.50 Å². The van der Waals surface area contributed by atoms with Crippen LogP contribution in [0.25, 0.3) is 39.6 Å². The number of halogens is 1. The van der Waals surface area contributed by atoms with Crippen LogP contribution in [-0.2, 0) is 6.61 Å². The summed E-state index contributed by atoms with van der Waals surface area (Å²) in [6.07, 6.45) is 2.87. The number of hydrogen-bond donors (Lipinski definition) is 2. The summed E-state index contributed by atoms with van der Waals surface area (Å²) < 4.78 is 16.7. The lowest BCUT2D eigenvalue weighted by molar-refractivity contribution is -0.873. The van der Waals surface area contributed by atoms with Crippen molar-refractivity contribution in [1.29, 1.82) is 0 Å². The number of nitrogens with two attached hydrogens (primary N) is 1. The third-order valence-electron chi connectivity index (χ3n) is 5.31. The molecule has 0 saturated carbocycles. The molecular weight excluding hydrogens is 423 g/mol. The van der Waals surface area contributed by atoms with Crippen molar-refractivity contribution < 1.29 is 19.1 Å². The molecule has 4 aromatic heterocycles. The van der Waals surface area contributed by atoms with E-state index in [1.54, 1.807) is 18.3 Å². The van der Waals surface area contributed by atoms with Gasteiger partial charge in [-0.25, -0.2) is 14.4 Å². The van der Waals surface area contributed by atoms with Crippen molar-refractivity contribution in [2.45, 2.75) is 6.61 Å². The molecule has 9 heteroatoms. The van der Waals surface area contributed by atoms with Crippen LogP contribution in [0.3, 0.4) is 0 Å². The maximum atomic E-state index is 13.4. The summed E-state index contributed by atoms with van der Waals surface area (Å²) >= 11 is 0. The van der Waals surface area contributed by atoms with Crippen LogP contribution in [0.1, 0.15) is 5.56 Å². The molecular formula is C24H20FN6O2+. The van der Waals surface area contributed by atoms with Gasteiger partial charge in [0.2, 0.25) is 0 Å². The first-order valence-corrected chi connectivity index (χ1v) is 10.2. The van der Waals surface area contributed by atoms with Gasteiger partial charge in [0.25, 0.3) is 0 Å². The van der Waals surface area contributed by atoms with E-state index >= 15 is 0 Å². The lowest BCUT2D eigenvalue weighted by atomic mass is 10.2. The van der Waals surface area contributed by atoms with Crippen LogP contribution < -0.4 is 15.3 Å². The summed E-state index contributed by atoms with van der Waals surface area (Å²) in [7, 11) is 1.53. The Morgan fingerprint density at radius 3 is 2.52 bits per heavy atom. The highest BCUT2D eigenvalue weighted by molar-refractivity contribution is 5.83. The van der Waals surface area contributed by atoms with E-state index in [1.807, 2.05) is 47.0 Å². The van der Waals surface area contributed by atoms with E-state index in [4.69, 9.17) is 20.5 Å². The van der Waals surface area contributed by atoms with Crippen LogP contribution in [-0.4, -0.2) is 31.7 Å². The van der Waals surface area contributed by atoms with Crippen LogP contribution in [0.15, 0.2) is 73.1 Å². The fourth-order valence-corrected chi connectivity index (χ4v) is 3.65. The minimum absolute atomic E-state index is 0.0596. The predicted molar refractivity (Wildman–Crippen MR) is 121 cm³/mol. The number of benzene rings is 1. The summed E-state index contributed by atoms with van der Waals surface area (Å²) in [6.45, 7) is -0.0596. The van der Waals surface area contributed by atoms with Crippen molar-refractivity contribution in [3.63, 3.8) is 0 Å². The fraction of sp³-hybridized carbons (Fsp3) is 0.0833. The molecule has 1 aromatic carbocycles. The number of aromatic nitrogens is 5. The van der Waals surface area contributed by atoms with Gasteiger partial charge in [0.05, 0.1) is 24.2 Å². The summed E-state index contributed by atoms with van der Waals surface area (Å²) in [5.41, 5.74) is 10.9. The molecule has 164 valence electrons. The van der Waals surface area contributed by atoms with Crippen molar-refractivity contribution >= 4 is 17.0 Å². The minimum atomic E-state index is -0.415. The summed E-state index contributed by atoms with van der Waals surface area (Å²) in [5, 5.41) is 9.44. The van der Waals surface area contributed by atoms with E-state index in [0.717, 1.165) is 17.4 Å². The number of aliphatic hydroxyl groups is 1. The highest BCUT2D eigenvalue weighted by Gasteiger charge is 2.22. The van der Waals surface area contributed by atoms with Crippen molar-refractivity contribution in [3.8, 4) is 28.5 Å². The Bertz CT molecular complexity index is 1450. The normalized spacial score (nSPS) is 11.1. The Morgan fingerprint density at radius 1 is 1.03 bits per heavy atom. The third-order valence-corrected chi connectivity index (χ3v) is 5.31. The number of aliphatic hydroxyl groups excluding tert-OH is 1. The molecule has 5 rings (SSSR count). The van der Waals surface area contributed by atoms with Crippen molar-refractivity contribution in [2.75, 3.05) is 12.8 Å². The number of fused-ring (bicyclic) bond motifs is 1. The number of pyridine rings is 3. The smallest absolute Gasteiger partial charge is 0.323 e. The molecule has 0 fully saturated rings. The molecule has 0 bridgehead atoms. The van der Waals surface area contributed by atoms with Crippen molar-refractivity contribution in [3.05, 3.63) is 84.4 Å². The minimum Gasteiger partial charge on any atom is -0.392 e. The lowest BCUT2D eigenvalue weighted by Crippen LogP contribution is -2.43. The molecule has 0 saturated heterocycles. The fourth-order valence-electron chi connectivity index (χ4n) is 3.65. The molecule has 8 nitrogen and oxygen atoms in total. The molecule has 0 aliphatic heterocycles. The zero-order chi connectivity index (χ0) is 22.9. The second-order valence-corrected chi connectivity index (χ2v) is 7.31. The Morgan fingerprint density at radius 2 is 1.82 bits per heavy atom. The molecule has 0 radical (unpaired) electrons. The molecule has 4 heterocycles. The topological polar surface area (TPSA) is 103 Å². The Balaban J connectivity index is 1.78. The van der Waals surface area contributed by atoms with Crippen LogP contribution in [0.4, 0.5) is 10.2 Å². The van der Waals surface area contributed by atoms with Gasteiger partial charge in [0, 0.05) is 5.69 Å². The summed E-state index contributed by atoms with van der Waals surface area (Å²) in [6, 6.07) is 17.7. The highest BCUT2D eigenvalue weighted by atomic mass is 19.1. The maximum absolute atomic E-state index is 13.4. The van der Waals surface area contributed by atoms with E-state index in [1.165, 1.54) is 17.9 Å².